The molecule has 0 amide bonds. The molecule has 0 radical (unpaired) electrons. The van der Waals surface area contributed by atoms with Crippen molar-refractivity contribution in [1.82, 2.24) is 0 Å². The Labute approximate surface area is 228 Å². The van der Waals surface area contributed by atoms with Crippen molar-refractivity contribution in [3.05, 3.63) is 93.0 Å². The number of rotatable bonds is 8. The lowest BCUT2D eigenvalue weighted by Crippen LogP contribution is -1.97. The van der Waals surface area contributed by atoms with E-state index >= 15 is 0 Å². The smallest absolute Gasteiger partial charge is 0.269 e. The maximum absolute atomic E-state index is 11.4. The maximum Gasteiger partial charge on any atom is 0.269 e. The molecular weight excluding hydrogens is 516 g/mol. The second-order valence-corrected chi connectivity index (χ2v) is 8.86. The molecule has 40 heavy (non-hydrogen) atoms. The van der Waals surface area contributed by atoms with Gasteiger partial charge in [-0.3, -0.25) is 20.2 Å². The van der Waals surface area contributed by atoms with Crippen LogP contribution < -0.4 is 18.9 Å². The Kier molecular flexibility index (Phi) is 6.83. The Morgan fingerprint density at radius 1 is 0.475 bits per heavy atom. The first kappa shape index (κ1) is 26.2. The molecule has 0 saturated carbocycles. The zero-order valence-corrected chi connectivity index (χ0v) is 22.1. The number of nitro groups is 2. The third-order valence-electron chi connectivity index (χ3n) is 6.86. The topological polar surface area (TPSA) is 123 Å². The summed E-state index contributed by atoms with van der Waals surface area (Å²) in [4.78, 5) is 21.8. The number of hydrogen-bond donors (Lipinski definition) is 0. The van der Waals surface area contributed by atoms with E-state index in [2.05, 4.69) is 0 Å². The van der Waals surface area contributed by atoms with Gasteiger partial charge in [-0.2, -0.15) is 0 Å². The van der Waals surface area contributed by atoms with Crippen LogP contribution in [-0.2, 0) is 0 Å². The van der Waals surface area contributed by atoms with Crippen LogP contribution in [0.5, 0.6) is 23.0 Å². The van der Waals surface area contributed by atoms with Crippen molar-refractivity contribution >= 4 is 32.9 Å². The third kappa shape index (κ3) is 4.35. The number of methoxy groups -OCH3 is 4. The maximum atomic E-state index is 11.4. The average Bonchev–Trinajstić information content (AvgIpc) is 2.98. The van der Waals surface area contributed by atoms with E-state index in [1.165, 1.54) is 24.3 Å². The summed E-state index contributed by atoms with van der Waals surface area (Å²) in [5.41, 5.74) is 2.97. The normalized spacial score (nSPS) is 10.9. The van der Waals surface area contributed by atoms with Gasteiger partial charge in [0.2, 0.25) is 0 Å². The van der Waals surface area contributed by atoms with E-state index in [9.17, 15) is 20.2 Å². The number of benzene rings is 5. The van der Waals surface area contributed by atoms with E-state index in [-0.39, 0.29) is 11.4 Å². The number of ether oxygens (including phenoxy) is 4. The fraction of sp³-hybridized carbons (Fsp3) is 0.133. The Balaban J connectivity index is 2.00. The molecule has 5 aromatic carbocycles. The molecule has 0 aromatic heterocycles. The van der Waals surface area contributed by atoms with Crippen molar-refractivity contribution in [3.63, 3.8) is 0 Å². The van der Waals surface area contributed by atoms with Crippen LogP contribution in [0.3, 0.4) is 0 Å². The van der Waals surface area contributed by atoms with Gasteiger partial charge in [0, 0.05) is 24.3 Å². The largest absolute Gasteiger partial charge is 0.493 e. The summed E-state index contributed by atoms with van der Waals surface area (Å²) in [7, 11) is 6.17. The first-order valence-electron chi connectivity index (χ1n) is 12.1. The molecule has 0 aliphatic carbocycles. The summed E-state index contributed by atoms with van der Waals surface area (Å²) in [5.74, 6) is 1.97. The fourth-order valence-corrected chi connectivity index (χ4v) is 5.00. The molecule has 0 fully saturated rings. The summed E-state index contributed by atoms with van der Waals surface area (Å²) in [6, 6.07) is 20.1. The molecule has 0 saturated heterocycles. The van der Waals surface area contributed by atoms with Gasteiger partial charge in [0.25, 0.3) is 11.4 Å². The summed E-state index contributed by atoms with van der Waals surface area (Å²) < 4.78 is 22.5. The summed E-state index contributed by atoms with van der Waals surface area (Å²) >= 11 is 0. The van der Waals surface area contributed by atoms with Gasteiger partial charge in [-0.25, -0.2) is 0 Å². The van der Waals surface area contributed by atoms with Crippen LogP contribution in [0.4, 0.5) is 11.4 Å². The Bertz CT molecular complexity index is 1580. The molecule has 0 bridgehead atoms. The van der Waals surface area contributed by atoms with Crippen molar-refractivity contribution in [2.75, 3.05) is 28.4 Å². The average molecular weight is 541 g/mol. The summed E-state index contributed by atoms with van der Waals surface area (Å²) in [6.07, 6.45) is 0. The van der Waals surface area contributed by atoms with Crippen molar-refractivity contribution in [1.29, 1.82) is 0 Å². The monoisotopic (exact) mass is 540 g/mol. The van der Waals surface area contributed by atoms with E-state index in [1.807, 2.05) is 24.3 Å². The van der Waals surface area contributed by atoms with Crippen LogP contribution in [-0.4, -0.2) is 38.3 Å². The van der Waals surface area contributed by atoms with Crippen LogP contribution in [0.15, 0.2) is 72.8 Å². The molecule has 0 unspecified atom stereocenters. The molecule has 0 aliphatic heterocycles. The first-order valence-corrected chi connectivity index (χ1v) is 12.1. The number of nitro benzene ring substituents is 2. The Hall–Kier alpha value is -5.38. The molecule has 5 aromatic rings. The highest BCUT2D eigenvalue weighted by molar-refractivity contribution is 6.22. The molecular formula is C30H24N2O8. The van der Waals surface area contributed by atoms with Crippen molar-refractivity contribution in [3.8, 4) is 45.3 Å². The van der Waals surface area contributed by atoms with Gasteiger partial charge in [-0.1, -0.05) is 0 Å². The van der Waals surface area contributed by atoms with Crippen LogP contribution in [0.1, 0.15) is 0 Å². The zero-order valence-electron chi connectivity index (χ0n) is 22.1. The molecule has 0 aliphatic rings. The minimum atomic E-state index is -0.445. The minimum absolute atomic E-state index is 0.0293. The second-order valence-electron chi connectivity index (χ2n) is 8.86. The highest BCUT2D eigenvalue weighted by Crippen LogP contribution is 2.49. The lowest BCUT2D eigenvalue weighted by molar-refractivity contribution is -0.385. The second kappa shape index (κ2) is 10.4. The predicted molar refractivity (Wildman–Crippen MR) is 152 cm³/mol. The van der Waals surface area contributed by atoms with Crippen LogP contribution in [0.2, 0.25) is 0 Å². The van der Waals surface area contributed by atoms with Gasteiger partial charge in [0.05, 0.1) is 38.3 Å². The van der Waals surface area contributed by atoms with Gasteiger partial charge in [0.1, 0.15) is 0 Å². The predicted octanol–water partition coefficient (Wildman–Crippen LogP) is 7.18. The quantitative estimate of drug-likeness (QED) is 0.115. The number of hydrogen-bond acceptors (Lipinski definition) is 8. The van der Waals surface area contributed by atoms with Crippen LogP contribution in [0.25, 0.3) is 43.8 Å². The minimum Gasteiger partial charge on any atom is -0.493 e. The summed E-state index contributed by atoms with van der Waals surface area (Å²) in [6.45, 7) is 0. The van der Waals surface area contributed by atoms with Crippen molar-refractivity contribution in [2.45, 2.75) is 0 Å². The van der Waals surface area contributed by atoms with E-state index in [0.29, 0.717) is 23.0 Å². The third-order valence-corrected chi connectivity index (χ3v) is 6.86. The van der Waals surface area contributed by atoms with Gasteiger partial charge in [0.15, 0.2) is 23.0 Å². The first-order chi connectivity index (χ1) is 19.3. The van der Waals surface area contributed by atoms with E-state index in [1.54, 1.807) is 52.7 Å². The van der Waals surface area contributed by atoms with E-state index in [4.69, 9.17) is 18.9 Å². The van der Waals surface area contributed by atoms with E-state index < -0.39 is 9.85 Å². The molecule has 0 spiro atoms. The van der Waals surface area contributed by atoms with Gasteiger partial charge in [-0.15, -0.1) is 0 Å². The highest BCUT2D eigenvalue weighted by Gasteiger charge is 2.22. The fourth-order valence-electron chi connectivity index (χ4n) is 5.00. The lowest BCUT2D eigenvalue weighted by Gasteiger charge is -2.21. The molecule has 0 heterocycles. The van der Waals surface area contributed by atoms with Crippen LogP contribution in [0, 0.1) is 20.2 Å². The number of fused-ring (bicyclic) bond motifs is 2. The van der Waals surface area contributed by atoms with Gasteiger partial charge in [-0.05, 0) is 92.3 Å². The molecule has 202 valence electrons. The van der Waals surface area contributed by atoms with Crippen LogP contribution >= 0.6 is 0 Å². The van der Waals surface area contributed by atoms with E-state index in [0.717, 1.165) is 43.8 Å². The SMILES string of the molecule is COc1cc2c(-c3ccc([N+](=O)[O-])cc3)c3cc(OC)c(OC)cc3c(-c3ccc([N+](=O)[O-])cc3)c2cc1OC. The molecule has 0 atom stereocenters. The number of nitrogens with zero attached hydrogens (tertiary/aromatic N) is 2. The standard InChI is InChI=1S/C30H24N2O8/c1-37-25-13-21-22(14-26(25)38-2)30(18-7-11-20(12-8-18)32(35)36)24-16-28(40-4)27(39-3)15-23(24)29(21)17-5-9-19(10-6-17)31(33)34/h5-16H,1-4H3. The number of non-ortho nitro benzene ring substituents is 2. The van der Waals surface area contributed by atoms with Gasteiger partial charge < -0.3 is 18.9 Å². The summed E-state index contributed by atoms with van der Waals surface area (Å²) in [5, 5.41) is 25.8. The van der Waals surface area contributed by atoms with Gasteiger partial charge >= 0.3 is 0 Å². The zero-order chi connectivity index (χ0) is 28.6. The molecule has 5 rings (SSSR count). The molecule has 10 nitrogen and oxygen atoms in total. The Morgan fingerprint density at radius 2 is 0.725 bits per heavy atom. The molecule has 10 heteroatoms. The van der Waals surface area contributed by atoms with Crippen molar-refractivity contribution in [2.24, 2.45) is 0 Å². The highest BCUT2D eigenvalue weighted by atomic mass is 16.6. The lowest BCUT2D eigenvalue weighted by atomic mass is 9.85. The van der Waals surface area contributed by atoms with Crippen molar-refractivity contribution < 1.29 is 28.8 Å². The Morgan fingerprint density at radius 3 is 0.925 bits per heavy atom. The molecule has 0 N–H and O–H groups in total.